The van der Waals surface area contributed by atoms with E-state index in [0.29, 0.717) is 70.7 Å². The molecule has 0 saturated carbocycles. The van der Waals surface area contributed by atoms with Gasteiger partial charge in [-0.2, -0.15) is 42.2 Å². The molecule has 8 aromatic rings. The topological polar surface area (TPSA) is 348 Å². The van der Waals surface area contributed by atoms with Crippen LogP contribution in [0.4, 0.5) is 73.1 Å². The largest absolute Gasteiger partial charge is 0.372 e. The number of hydrogen-bond acceptors (Lipinski definition) is 23. The van der Waals surface area contributed by atoms with Crippen LogP contribution in [0.15, 0.2) is 174 Å². The Morgan fingerprint density at radius 2 is 1.15 bits per heavy atom. The first-order valence-electron chi connectivity index (χ1n) is 27.9. The lowest BCUT2D eigenvalue weighted by Crippen LogP contribution is -2.21. The van der Waals surface area contributed by atoms with E-state index in [1.807, 2.05) is 38.7 Å². The first kappa shape index (κ1) is 67.7. The molecular formula is C62H57N15O10S5. The van der Waals surface area contributed by atoms with Crippen LogP contribution in [-0.4, -0.2) is 90.5 Å². The summed E-state index contributed by atoms with van der Waals surface area (Å²) in [6.45, 7) is 20.6. The predicted octanol–water partition coefficient (Wildman–Crippen LogP) is 14.4. The van der Waals surface area contributed by atoms with Crippen molar-refractivity contribution in [1.82, 2.24) is 15.0 Å². The molecule has 92 heavy (non-hydrogen) atoms. The molecule has 0 aliphatic carbocycles. The van der Waals surface area contributed by atoms with E-state index in [9.17, 15) is 50.4 Å². The minimum Gasteiger partial charge on any atom is -0.372 e. The number of anilines is 8. The zero-order valence-electron chi connectivity index (χ0n) is 49.9. The molecule has 0 unspecified atom stereocenters. The highest BCUT2D eigenvalue weighted by atomic mass is 32.2. The molecule has 3 heterocycles. The van der Waals surface area contributed by atoms with Crippen molar-refractivity contribution in [3.63, 3.8) is 0 Å². The fourth-order valence-corrected chi connectivity index (χ4v) is 13.2. The van der Waals surface area contributed by atoms with Crippen LogP contribution in [0.5, 0.6) is 0 Å². The van der Waals surface area contributed by atoms with E-state index in [4.69, 9.17) is 21.5 Å². The summed E-state index contributed by atoms with van der Waals surface area (Å²) < 4.78 is 70.7. The van der Waals surface area contributed by atoms with Gasteiger partial charge in [0.25, 0.3) is 32.1 Å². The number of amides is 2. The number of carbonyl (C=O) groups excluding carboxylic acids is 4. The Bertz CT molecular complexity index is 4570. The van der Waals surface area contributed by atoms with Crippen LogP contribution in [0.25, 0.3) is 17.0 Å². The summed E-state index contributed by atoms with van der Waals surface area (Å²) in [5.41, 5.74) is 2.49. The summed E-state index contributed by atoms with van der Waals surface area (Å²) in [4.78, 5) is 73.3. The van der Waals surface area contributed by atoms with Crippen LogP contribution in [0.3, 0.4) is 0 Å². The molecule has 0 aliphatic heterocycles. The molecular weight excluding hydrogens is 1280 g/mol. The van der Waals surface area contributed by atoms with Crippen LogP contribution < -0.4 is 31.1 Å². The number of nitrogens with one attached hydrogen (secondary N) is 4. The molecule has 0 atom stereocenters. The van der Waals surface area contributed by atoms with E-state index in [1.54, 1.807) is 103 Å². The highest BCUT2D eigenvalue weighted by Gasteiger charge is 2.29. The molecule has 6 N–H and O–H groups in total. The second-order valence-corrected chi connectivity index (χ2v) is 25.3. The van der Waals surface area contributed by atoms with Crippen molar-refractivity contribution < 1.29 is 45.1 Å². The van der Waals surface area contributed by atoms with Gasteiger partial charge in [-0.1, -0.05) is 60.3 Å². The fourth-order valence-electron chi connectivity index (χ4n) is 8.83. The van der Waals surface area contributed by atoms with Crippen molar-refractivity contribution in [2.45, 2.75) is 62.2 Å². The first-order valence-corrected chi connectivity index (χ1v) is 33.4. The van der Waals surface area contributed by atoms with Crippen LogP contribution in [0, 0.1) is 17.9 Å². The summed E-state index contributed by atoms with van der Waals surface area (Å²) in [5.74, 6) is -2.85. The first-order chi connectivity index (χ1) is 44.0. The number of hydrogen-bond donors (Lipinski definition) is 6. The van der Waals surface area contributed by atoms with E-state index in [1.165, 1.54) is 37.3 Å². The number of thioether (sulfide) groups is 1. The monoisotopic (exact) mass is 1330 g/mol. The quantitative estimate of drug-likeness (QED) is 0.00530. The Hall–Kier alpha value is -10.2. The number of rotatable bonds is 27. The van der Waals surface area contributed by atoms with Crippen molar-refractivity contribution in [3.05, 3.63) is 171 Å². The molecule has 0 bridgehead atoms. The Balaban J connectivity index is 1.22. The van der Waals surface area contributed by atoms with Crippen molar-refractivity contribution in [2.75, 3.05) is 57.2 Å². The Labute approximate surface area is 542 Å². The molecule has 30 heteroatoms. The number of nitriles is 1. The van der Waals surface area contributed by atoms with E-state index < -0.39 is 59.6 Å². The fraction of sp³-hybridized carbons (Fsp3) is 0.177. The third-order valence-corrected chi connectivity index (χ3v) is 18.1. The van der Waals surface area contributed by atoms with Gasteiger partial charge in [0.15, 0.2) is 21.7 Å². The average Bonchev–Trinajstić information content (AvgIpc) is 1.61. The zero-order chi connectivity index (χ0) is 66.3. The predicted molar refractivity (Wildman–Crippen MR) is 357 cm³/mol. The summed E-state index contributed by atoms with van der Waals surface area (Å²) in [7, 11) is -9.77. The number of thiophene rings is 2. The van der Waals surface area contributed by atoms with Crippen LogP contribution in [0.2, 0.25) is 0 Å². The Morgan fingerprint density at radius 3 is 1.62 bits per heavy atom. The highest BCUT2D eigenvalue weighted by Crippen LogP contribution is 2.44. The van der Waals surface area contributed by atoms with Crippen molar-refractivity contribution in [3.8, 4) is 6.07 Å². The second kappa shape index (κ2) is 30.6. The molecule has 8 rings (SSSR count). The Morgan fingerprint density at radius 1 is 0.641 bits per heavy atom. The number of para-hydroxylation sites is 2. The lowest BCUT2D eigenvalue weighted by atomic mass is 10.1. The standard InChI is InChI=1S/C62H57N15O10S5/c1-8-76(9-2)42-25-27-49(72-74-58-48(35-63)55(92(85,86)87)54(90-58)34-47(38(6)79)57(81)66-41-22-16-13-17-23-41)51(30-42)67-60-69-61(71-62(70-60)88-36-39-19-18-24-45(29-39)91(82,83)84)68-52-31-43(77(10-3)11-4)26-28-50(52)73-75-59-53(64-7)33-44(89-59)32-46(37(5)78)56(80)65-40-20-14-12-15-21-40/h12-34H,8-11,36H2,1-6H3,(H,65,80)(H,66,81)(H,82,83,84)(H,85,86,87)(H2,67,68,69,70,71)/b46-32+,47-34-,74-72+,75-73+. The van der Waals surface area contributed by atoms with E-state index in [2.05, 4.69) is 51.5 Å². The van der Waals surface area contributed by atoms with Crippen LogP contribution in [-0.2, 0) is 45.2 Å². The van der Waals surface area contributed by atoms with E-state index >= 15 is 0 Å². The number of carbonyl (C=O) groups is 4. The van der Waals surface area contributed by atoms with Crippen molar-refractivity contribution >= 4 is 163 Å². The molecule has 0 saturated heterocycles. The van der Waals surface area contributed by atoms with E-state index in [-0.39, 0.29) is 70.9 Å². The van der Waals surface area contributed by atoms with Crippen LogP contribution in [0.1, 0.15) is 62.4 Å². The SMILES string of the molecule is [C-]#[N+]c1cc(/C=C(\C(C)=O)C(=O)Nc2ccccc2)sc1/N=N/c1ccc(N(CC)CC)cc1Nc1nc(Nc2cc(N(CC)CC)ccc2/N=N/c2sc(/C=C(/C(C)=O)C(=O)Nc3ccccc3)c(S(=O)(=O)O)c2C#N)nc(SCc2cccc(S(=O)(=O)O)c2)n1. The van der Waals surface area contributed by atoms with Gasteiger partial charge in [0.1, 0.15) is 32.9 Å². The van der Waals surface area contributed by atoms with Gasteiger partial charge in [-0.05, 0) is 138 Å². The molecule has 5 aromatic carbocycles. The molecule has 0 spiro atoms. The maximum atomic E-state index is 13.4. The normalized spacial score (nSPS) is 11.9. The zero-order valence-corrected chi connectivity index (χ0v) is 54.0. The number of azo groups is 2. The number of nitrogens with zero attached hydrogens (tertiary/aromatic N) is 11. The number of aromatic nitrogens is 3. The minimum absolute atomic E-state index is 0.0539. The number of benzene rings is 5. The minimum atomic E-state index is -5.21. The summed E-state index contributed by atoms with van der Waals surface area (Å²) in [6, 6.07) is 36.1. The van der Waals surface area contributed by atoms with Gasteiger partial charge in [-0.15, -0.1) is 38.0 Å². The molecule has 2 amide bonds. The molecule has 3 aromatic heterocycles. The van der Waals surface area contributed by atoms with Crippen molar-refractivity contribution in [2.24, 2.45) is 20.5 Å². The maximum Gasteiger partial charge on any atom is 0.297 e. The lowest BCUT2D eigenvalue weighted by molar-refractivity contribution is -0.120. The second-order valence-electron chi connectivity index (χ2n) is 19.5. The van der Waals surface area contributed by atoms with Gasteiger partial charge in [0.2, 0.25) is 17.6 Å². The van der Waals surface area contributed by atoms with E-state index in [0.717, 1.165) is 41.8 Å². The third-order valence-electron chi connectivity index (χ3n) is 13.3. The van der Waals surface area contributed by atoms with Gasteiger partial charge in [0, 0.05) is 59.6 Å². The highest BCUT2D eigenvalue weighted by molar-refractivity contribution is 7.98. The molecule has 25 nitrogen and oxygen atoms in total. The smallest absolute Gasteiger partial charge is 0.297 e. The van der Waals surface area contributed by atoms with Crippen molar-refractivity contribution in [1.29, 1.82) is 5.26 Å². The maximum absolute atomic E-state index is 13.4. The summed E-state index contributed by atoms with van der Waals surface area (Å²) in [6.07, 6.45) is 2.34. The van der Waals surface area contributed by atoms with Gasteiger partial charge in [0.05, 0.1) is 38.9 Å². The molecule has 0 fully saturated rings. The number of ketones is 2. The third kappa shape index (κ3) is 17.4. The molecule has 0 radical (unpaired) electrons. The number of Topliss-reactive ketones (excluding diaryl/α,β-unsaturated/α-hetero) is 2. The average molecular weight is 1330 g/mol. The van der Waals surface area contributed by atoms with Gasteiger partial charge < -0.3 is 31.1 Å². The van der Waals surface area contributed by atoms with Crippen LogP contribution >= 0.6 is 34.4 Å². The molecule has 470 valence electrons. The summed E-state index contributed by atoms with van der Waals surface area (Å²) in [5, 5.41) is 40.0. The van der Waals surface area contributed by atoms with Gasteiger partial charge in [-0.3, -0.25) is 28.3 Å². The van der Waals surface area contributed by atoms with Gasteiger partial charge >= 0.3 is 0 Å². The van der Waals surface area contributed by atoms with Gasteiger partial charge in [-0.25, -0.2) is 4.85 Å². The summed E-state index contributed by atoms with van der Waals surface area (Å²) >= 11 is 2.68. The molecule has 0 aliphatic rings. The Kier molecular flexibility index (Phi) is 22.5. The lowest BCUT2D eigenvalue weighted by Gasteiger charge is -2.22.